The number of alkyl carbamates (subject to hydrolysis) is 2. The maximum absolute atomic E-state index is 14.7. The summed E-state index contributed by atoms with van der Waals surface area (Å²) in [5, 5.41) is 61.8. The number of aliphatic hydroxyl groups excluding tert-OH is 5. The molecule has 402 valence electrons. The molecule has 1 spiro atoms. The molecule has 0 unspecified atom stereocenters. The van der Waals surface area contributed by atoms with Crippen LogP contribution < -0.4 is 10.6 Å². The standard InChI is InChI=1S/C55H76N2O16/c1-29-17-20-55(67-27-29)30(2)41-38(73-55)22-36-35-16-15-33-21-34(18-19-53(33,3)42(35)37(59)23-54(36,41)4)68-49-45(62)43(60)47(39(26-58)69-49)71-50-46(63)44(61)48(72-52(65)57-25-32-13-9-6-10-14-32)40(70-50)28-66-51(64)56-24-31-11-7-5-8-12-31/h5-14,29-30,33-36,38-50,58,60-63H,15-28H2,1-4H3,(H,56,64)(H,57,65)/t29-,30+,33+,34+,35+,36+,38+,39-,40-,41+,42-,43-,44-,45-,46-,47-,48-,49-,50+,53+,54+,55-/m1/s1. The van der Waals surface area contributed by atoms with Crippen LogP contribution in [0.15, 0.2) is 60.7 Å². The first-order chi connectivity index (χ1) is 35.0. The van der Waals surface area contributed by atoms with Crippen molar-refractivity contribution in [3.8, 4) is 0 Å². The van der Waals surface area contributed by atoms with Crippen molar-refractivity contribution in [2.75, 3.05) is 19.8 Å². The van der Waals surface area contributed by atoms with Crippen LogP contribution >= 0.6 is 0 Å². The summed E-state index contributed by atoms with van der Waals surface area (Å²) in [6.07, 6.45) is -10.8. The summed E-state index contributed by atoms with van der Waals surface area (Å²) in [7, 11) is 0. The minimum Gasteiger partial charge on any atom is -0.447 e. The number of carbonyl (C=O) groups excluding carboxylic acids is 3. The third-order valence-corrected chi connectivity index (χ3v) is 18.8. The van der Waals surface area contributed by atoms with Gasteiger partial charge < -0.3 is 74.1 Å². The monoisotopic (exact) mass is 1020 g/mol. The second-order valence-corrected chi connectivity index (χ2v) is 23.2. The number of hydrogen-bond acceptors (Lipinski definition) is 16. The molecule has 2 aromatic rings. The lowest BCUT2D eigenvalue weighted by Gasteiger charge is -2.60. The number of rotatable bonds is 12. The third kappa shape index (κ3) is 10.1. The molecular weight excluding hydrogens is 945 g/mol. The highest BCUT2D eigenvalue weighted by molar-refractivity contribution is 5.84. The number of ether oxygens (including phenoxy) is 8. The molecule has 73 heavy (non-hydrogen) atoms. The maximum Gasteiger partial charge on any atom is 0.407 e. The number of ketones is 1. The van der Waals surface area contributed by atoms with Gasteiger partial charge in [0.1, 0.15) is 55.1 Å². The maximum atomic E-state index is 14.7. The molecule has 8 aliphatic rings. The Morgan fingerprint density at radius 2 is 1.38 bits per heavy atom. The lowest BCUT2D eigenvalue weighted by Crippen LogP contribution is -2.65. The van der Waals surface area contributed by atoms with Gasteiger partial charge in [-0.2, -0.15) is 0 Å². The molecule has 4 heterocycles. The van der Waals surface area contributed by atoms with Crippen molar-refractivity contribution in [3.05, 3.63) is 71.8 Å². The second-order valence-electron chi connectivity index (χ2n) is 23.2. The van der Waals surface area contributed by atoms with Gasteiger partial charge in [-0.05, 0) is 96.5 Å². The zero-order chi connectivity index (χ0) is 51.4. The molecule has 4 saturated heterocycles. The number of nitrogens with one attached hydrogen (secondary N) is 2. The number of Topliss-reactive ketones (excluding diaryl/α,β-unsaturated/α-hetero) is 1. The fourth-order valence-electron chi connectivity index (χ4n) is 15.1. The molecule has 0 radical (unpaired) electrons. The van der Waals surface area contributed by atoms with Gasteiger partial charge in [-0.25, -0.2) is 9.59 Å². The average Bonchev–Trinajstić information content (AvgIpc) is 3.83. The second kappa shape index (κ2) is 21.3. The normalized spacial score (nSPS) is 45.1. The number of hydrogen-bond donors (Lipinski definition) is 7. The predicted octanol–water partition coefficient (Wildman–Crippen LogP) is 4.49. The van der Waals surface area contributed by atoms with Gasteiger partial charge in [0.15, 0.2) is 24.5 Å². The molecule has 18 heteroatoms. The third-order valence-electron chi connectivity index (χ3n) is 18.8. The fraction of sp³-hybridized carbons (Fsp3) is 0.727. The van der Waals surface area contributed by atoms with Gasteiger partial charge in [-0.1, -0.05) is 88.4 Å². The molecule has 18 nitrogen and oxygen atoms in total. The van der Waals surface area contributed by atoms with E-state index in [9.17, 15) is 39.9 Å². The van der Waals surface area contributed by atoms with Crippen LogP contribution in [0.4, 0.5) is 9.59 Å². The van der Waals surface area contributed by atoms with Gasteiger partial charge in [0.2, 0.25) is 0 Å². The van der Waals surface area contributed by atoms with Crippen molar-refractivity contribution in [1.29, 1.82) is 0 Å². The summed E-state index contributed by atoms with van der Waals surface area (Å²) in [5.74, 6) is 1.62. The van der Waals surface area contributed by atoms with Gasteiger partial charge in [0.25, 0.3) is 0 Å². The van der Waals surface area contributed by atoms with Crippen molar-refractivity contribution in [1.82, 2.24) is 10.6 Å². The smallest absolute Gasteiger partial charge is 0.407 e. The molecule has 4 aliphatic heterocycles. The van der Waals surface area contributed by atoms with E-state index in [2.05, 4.69) is 38.3 Å². The van der Waals surface area contributed by atoms with Crippen molar-refractivity contribution in [2.45, 2.75) is 178 Å². The summed E-state index contributed by atoms with van der Waals surface area (Å²) in [5.41, 5.74) is 1.20. The molecule has 22 atom stereocenters. The lowest BCUT2D eigenvalue weighted by molar-refractivity contribution is -0.363. The number of amides is 2. The van der Waals surface area contributed by atoms with Gasteiger partial charge in [0, 0.05) is 37.8 Å². The van der Waals surface area contributed by atoms with Gasteiger partial charge in [0.05, 0.1) is 25.4 Å². The first-order valence-corrected chi connectivity index (χ1v) is 26.7. The summed E-state index contributed by atoms with van der Waals surface area (Å²) >= 11 is 0. The Morgan fingerprint density at radius 3 is 2.04 bits per heavy atom. The largest absolute Gasteiger partial charge is 0.447 e. The summed E-state index contributed by atoms with van der Waals surface area (Å²) < 4.78 is 49.1. The zero-order valence-corrected chi connectivity index (χ0v) is 42.4. The Kier molecular flexibility index (Phi) is 15.4. The van der Waals surface area contributed by atoms with Crippen LogP contribution in [0, 0.1) is 52.3 Å². The molecule has 0 bridgehead atoms. The van der Waals surface area contributed by atoms with E-state index in [0.29, 0.717) is 43.5 Å². The van der Waals surface area contributed by atoms with E-state index in [1.54, 1.807) is 24.3 Å². The number of aliphatic hydroxyl groups is 5. The van der Waals surface area contributed by atoms with E-state index in [0.717, 1.165) is 49.7 Å². The summed E-state index contributed by atoms with van der Waals surface area (Å²) in [6, 6.07) is 18.1. The minimum atomic E-state index is -1.90. The number of fused-ring (bicyclic) bond motifs is 7. The molecule has 2 amide bonds. The zero-order valence-electron chi connectivity index (χ0n) is 42.4. The Labute approximate surface area is 427 Å². The van der Waals surface area contributed by atoms with Crippen LogP contribution in [-0.4, -0.2) is 143 Å². The van der Waals surface area contributed by atoms with E-state index in [1.165, 1.54) is 0 Å². The lowest BCUT2D eigenvalue weighted by atomic mass is 9.44. The topological polar surface area (TPSA) is 250 Å². The van der Waals surface area contributed by atoms with Crippen molar-refractivity contribution in [3.63, 3.8) is 0 Å². The number of benzene rings is 2. The molecule has 4 saturated carbocycles. The van der Waals surface area contributed by atoms with E-state index in [-0.39, 0.29) is 65.7 Å². The molecule has 10 rings (SSSR count). The van der Waals surface area contributed by atoms with E-state index < -0.39 is 92.6 Å². The van der Waals surface area contributed by atoms with Crippen molar-refractivity contribution < 1.29 is 77.8 Å². The molecule has 7 N–H and O–H groups in total. The van der Waals surface area contributed by atoms with E-state index in [1.807, 2.05) is 36.4 Å². The van der Waals surface area contributed by atoms with Crippen LogP contribution in [0.2, 0.25) is 0 Å². The van der Waals surface area contributed by atoms with Gasteiger partial charge in [-0.3, -0.25) is 4.79 Å². The first-order valence-electron chi connectivity index (χ1n) is 26.7. The van der Waals surface area contributed by atoms with Crippen LogP contribution in [0.5, 0.6) is 0 Å². The highest BCUT2D eigenvalue weighted by Crippen LogP contribution is 2.70. The Morgan fingerprint density at radius 1 is 0.740 bits per heavy atom. The number of carbonyl (C=O) groups is 3. The fourth-order valence-corrected chi connectivity index (χ4v) is 15.1. The first kappa shape index (κ1) is 52.6. The Hall–Kier alpha value is -3.79. The van der Waals surface area contributed by atoms with Crippen LogP contribution in [-0.2, 0) is 55.8 Å². The molecule has 8 fully saturated rings. The molecule has 2 aromatic carbocycles. The van der Waals surface area contributed by atoms with Gasteiger partial charge >= 0.3 is 12.2 Å². The summed E-state index contributed by atoms with van der Waals surface area (Å²) in [4.78, 5) is 40.5. The minimum absolute atomic E-state index is 0.0624. The molecule has 4 aliphatic carbocycles. The van der Waals surface area contributed by atoms with E-state index in [4.69, 9.17) is 37.9 Å². The Balaban J connectivity index is 0.762. The molecular formula is C55H76N2O16. The average molecular weight is 1020 g/mol. The SMILES string of the molecule is C[C@@H]1CC[C@@]2(OC1)O[C@H]1C[C@H]3[C@@H]4CC[C@H]5C[C@@H](O[C@@H]6O[C@H](CO)[C@@H](O[C@@H]7O[C@H](COC(=O)NCc8ccccc8)[C@@H](OC(=O)NCc8ccccc8)[C@H](O)[C@H]7O)[C@H](O)[C@H]6O)CC[C@]5(C)[C@H]4C(=O)C[C@]3(C)[C@H]1[C@@H]2C. The predicted molar refractivity (Wildman–Crippen MR) is 258 cm³/mol. The summed E-state index contributed by atoms with van der Waals surface area (Å²) in [6.45, 7) is 8.84. The van der Waals surface area contributed by atoms with Crippen LogP contribution in [0.3, 0.4) is 0 Å². The highest BCUT2D eigenvalue weighted by Gasteiger charge is 2.71. The van der Waals surface area contributed by atoms with Gasteiger partial charge in [-0.15, -0.1) is 0 Å². The van der Waals surface area contributed by atoms with Crippen molar-refractivity contribution >= 4 is 18.0 Å². The van der Waals surface area contributed by atoms with E-state index >= 15 is 0 Å². The highest BCUT2D eigenvalue weighted by atomic mass is 16.8. The van der Waals surface area contributed by atoms with Crippen molar-refractivity contribution in [2.24, 2.45) is 52.3 Å². The Bertz CT molecular complexity index is 2230. The van der Waals surface area contributed by atoms with Crippen LogP contribution in [0.25, 0.3) is 0 Å². The molecule has 0 aromatic heterocycles. The quantitative estimate of drug-likeness (QED) is 0.145. The van der Waals surface area contributed by atoms with Crippen LogP contribution in [0.1, 0.15) is 96.6 Å².